The Labute approximate surface area is 81.9 Å². The molecule has 0 amide bonds. The number of hydrogen-bond acceptors (Lipinski definition) is 3. The first-order valence-corrected chi connectivity index (χ1v) is 5.21. The third kappa shape index (κ3) is 2.05. The molecule has 1 N–H and O–H groups in total. The Hall–Kier alpha value is -0.510. The van der Waals surface area contributed by atoms with Crippen LogP contribution < -0.4 is 0 Å². The molecule has 0 bridgehead atoms. The van der Waals surface area contributed by atoms with Crippen molar-refractivity contribution in [3.05, 3.63) is 29.8 Å². The Morgan fingerprint density at radius 1 is 1.38 bits per heavy atom. The molecule has 1 aromatic rings. The van der Waals surface area contributed by atoms with Crippen LogP contribution in [0.5, 0.6) is 0 Å². The van der Waals surface area contributed by atoms with E-state index in [1.54, 1.807) is 11.8 Å². The van der Waals surface area contributed by atoms with Gasteiger partial charge in [0.1, 0.15) is 0 Å². The fourth-order valence-corrected chi connectivity index (χ4v) is 2.34. The average Bonchev–Trinajstić information content (AvgIpc) is 2.12. The Kier molecular flexibility index (Phi) is 2.88. The fraction of sp³-hybridized carbons (Fsp3) is 0.400. The standard InChI is InChI=1S/C10H12O2S/c11-5-8-3-1-2-4-10(8)13-9-6-12-7-9/h1-4,9,11H,5-7H2. The van der Waals surface area contributed by atoms with Crippen LogP contribution >= 0.6 is 11.8 Å². The first-order valence-electron chi connectivity index (χ1n) is 4.33. The van der Waals surface area contributed by atoms with E-state index in [-0.39, 0.29) is 6.61 Å². The van der Waals surface area contributed by atoms with Crippen LogP contribution in [0.3, 0.4) is 0 Å². The highest BCUT2D eigenvalue weighted by molar-refractivity contribution is 8.00. The lowest BCUT2D eigenvalue weighted by atomic mass is 10.2. The van der Waals surface area contributed by atoms with Gasteiger partial charge in [-0.1, -0.05) is 18.2 Å². The van der Waals surface area contributed by atoms with Crippen molar-refractivity contribution >= 4 is 11.8 Å². The minimum absolute atomic E-state index is 0.122. The average molecular weight is 196 g/mol. The van der Waals surface area contributed by atoms with Gasteiger partial charge in [-0.05, 0) is 11.6 Å². The van der Waals surface area contributed by atoms with Crippen LogP contribution in [0.1, 0.15) is 5.56 Å². The van der Waals surface area contributed by atoms with Gasteiger partial charge in [0.2, 0.25) is 0 Å². The summed E-state index contributed by atoms with van der Waals surface area (Å²) in [4.78, 5) is 1.18. The maximum Gasteiger partial charge on any atom is 0.0692 e. The molecule has 2 rings (SSSR count). The van der Waals surface area contributed by atoms with E-state index in [1.807, 2.05) is 18.2 Å². The topological polar surface area (TPSA) is 29.5 Å². The normalized spacial score (nSPS) is 17.0. The highest BCUT2D eigenvalue weighted by Gasteiger charge is 2.20. The molecule has 1 aliphatic heterocycles. The summed E-state index contributed by atoms with van der Waals surface area (Å²) in [7, 11) is 0. The molecule has 2 nitrogen and oxygen atoms in total. The molecule has 0 radical (unpaired) electrons. The van der Waals surface area contributed by atoms with Crippen LogP contribution in [0.4, 0.5) is 0 Å². The third-order valence-corrected chi connectivity index (χ3v) is 3.30. The smallest absolute Gasteiger partial charge is 0.0692 e. The van der Waals surface area contributed by atoms with E-state index >= 15 is 0 Å². The Bertz CT molecular complexity index is 284. The van der Waals surface area contributed by atoms with E-state index in [9.17, 15) is 0 Å². The molecular formula is C10H12O2S. The zero-order valence-corrected chi connectivity index (χ0v) is 8.09. The lowest BCUT2D eigenvalue weighted by Gasteiger charge is -2.25. The maximum absolute atomic E-state index is 9.08. The number of hydrogen-bond donors (Lipinski definition) is 1. The zero-order valence-electron chi connectivity index (χ0n) is 7.27. The summed E-state index contributed by atoms with van der Waals surface area (Å²) in [5, 5.41) is 9.65. The molecule has 0 atom stereocenters. The number of rotatable bonds is 3. The summed E-state index contributed by atoms with van der Waals surface area (Å²) >= 11 is 1.80. The molecular weight excluding hydrogens is 184 g/mol. The predicted molar refractivity (Wildman–Crippen MR) is 52.8 cm³/mol. The molecule has 0 unspecified atom stereocenters. The Balaban J connectivity index is 2.08. The van der Waals surface area contributed by atoms with Crippen molar-refractivity contribution < 1.29 is 9.84 Å². The second kappa shape index (κ2) is 4.13. The minimum atomic E-state index is 0.122. The van der Waals surface area contributed by atoms with Crippen molar-refractivity contribution in [1.82, 2.24) is 0 Å². The van der Waals surface area contributed by atoms with Gasteiger partial charge < -0.3 is 9.84 Å². The van der Waals surface area contributed by atoms with E-state index < -0.39 is 0 Å². The van der Waals surface area contributed by atoms with Crippen LogP contribution in [0.15, 0.2) is 29.2 Å². The van der Waals surface area contributed by atoms with Gasteiger partial charge in [0.05, 0.1) is 25.1 Å². The van der Waals surface area contributed by atoms with Gasteiger partial charge in [-0.3, -0.25) is 0 Å². The second-order valence-corrected chi connectivity index (χ2v) is 4.39. The van der Waals surface area contributed by atoms with E-state index in [2.05, 4.69) is 6.07 Å². The van der Waals surface area contributed by atoms with Crippen LogP contribution in [0, 0.1) is 0 Å². The van der Waals surface area contributed by atoms with Crippen molar-refractivity contribution in [1.29, 1.82) is 0 Å². The molecule has 0 aromatic heterocycles. The van der Waals surface area contributed by atoms with E-state index in [0.29, 0.717) is 5.25 Å². The third-order valence-electron chi connectivity index (χ3n) is 2.04. The number of ether oxygens (including phenoxy) is 1. The molecule has 3 heteroatoms. The summed E-state index contributed by atoms with van der Waals surface area (Å²) < 4.78 is 5.10. The van der Waals surface area contributed by atoms with Crippen LogP contribution in [-0.2, 0) is 11.3 Å². The van der Waals surface area contributed by atoms with Gasteiger partial charge in [0.25, 0.3) is 0 Å². The van der Waals surface area contributed by atoms with Crippen molar-refractivity contribution in [2.75, 3.05) is 13.2 Å². The van der Waals surface area contributed by atoms with E-state index in [0.717, 1.165) is 18.8 Å². The second-order valence-electron chi connectivity index (χ2n) is 3.04. The van der Waals surface area contributed by atoms with Crippen LogP contribution in [0.2, 0.25) is 0 Å². The van der Waals surface area contributed by atoms with Crippen LogP contribution in [0.25, 0.3) is 0 Å². The van der Waals surface area contributed by atoms with Gasteiger partial charge in [0, 0.05) is 4.90 Å². The summed E-state index contributed by atoms with van der Waals surface area (Å²) in [6, 6.07) is 7.96. The predicted octanol–water partition coefficient (Wildman–Crippen LogP) is 1.67. The molecule has 1 heterocycles. The Morgan fingerprint density at radius 3 is 2.77 bits per heavy atom. The molecule has 0 aliphatic carbocycles. The molecule has 0 spiro atoms. The SMILES string of the molecule is OCc1ccccc1SC1COC1. The Morgan fingerprint density at radius 2 is 2.15 bits per heavy atom. The summed E-state index contributed by atoms with van der Waals surface area (Å²) in [5.41, 5.74) is 1.01. The number of thioether (sulfide) groups is 1. The van der Waals surface area contributed by atoms with Gasteiger partial charge in [-0.2, -0.15) is 0 Å². The molecule has 0 saturated carbocycles. The number of aliphatic hydroxyl groups excluding tert-OH is 1. The molecule has 70 valence electrons. The monoisotopic (exact) mass is 196 g/mol. The van der Waals surface area contributed by atoms with E-state index in [1.165, 1.54) is 4.90 Å². The highest BCUT2D eigenvalue weighted by Crippen LogP contribution is 2.30. The van der Waals surface area contributed by atoms with Crippen molar-refractivity contribution in [3.8, 4) is 0 Å². The maximum atomic E-state index is 9.08. The fourth-order valence-electron chi connectivity index (χ4n) is 1.21. The molecule has 1 aliphatic rings. The molecule has 1 fully saturated rings. The van der Waals surface area contributed by atoms with Gasteiger partial charge >= 0.3 is 0 Å². The van der Waals surface area contributed by atoms with Gasteiger partial charge in [-0.25, -0.2) is 0 Å². The highest BCUT2D eigenvalue weighted by atomic mass is 32.2. The minimum Gasteiger partial charge on any atom is -0.392 e. The quantitative estimate of drug-likeness (QED) is 0.797. The first kappa shape index (κ1) is 9.06. The van der Waals surface area contributed by atoms with Crippen molar-refractivity contribution in [3.63, 3.8) is 0 Å². The molecule has 1 saturated heterocycles. The largest absolute Gasteiger partial charge is 0.392 e. The number of aliphatic hydroxyl groups is 1. The van der Waals surface area contributed by atoms with Gasteiger partial charge in [-0.15, -0.1) is 11.8 Å². The summed E-state index contributed by atoms with van der Waals surface area (Å²) in [6.07, 6.45) is 0. The van der Waals surface area contributed by atoms with E-state index in [4.69, 9.17) is 9.84 Å². The lowest BCUT2D eigenvalue weighted by Crippen LogP contribution is -2.30. The van der Waals surface area contributed by atoms with Crippen molar-refractivity contribution in [2.24, 2.45) is 0 Å². The zero-order chi connectivity index (χ0) is 9.10. The number of benzene rings is 1. The molecule has 1 aromatic carbocycles. The van der Waals surface area contributed by atoms with Crippen LogP contribution in [-0.4, -0.2) is 23.6 Å². The molecule has 13 heavy (non-hydrogen) atoms. The van der Waals surface area contributed by atoms with Crippen molar-refractivity contribution in [2.45, 2.75) is 16.8 Å². The summed E-state index contributed by atoms with van der Waals surface area (Å²) in [6.45, 7) is 1.80. The summed E-state index contributed by atoms with van der Waals surface area (Å²) in [5.74, 6) is 0. The lowest BCUT2D eigenvalue weighted by molar-refractivity contribution is 0.0455. The first-order chi connectivity index (χ1) is 6.40. The van der Waals surface area contributed by atoms with Gasteiger partial charge in [0.15, 0.2) is 0 Å².